The molecule has 0 aromatic heterocycles. The Kier molecular flexibility index (Phi) is 5.90. The van der Waals surface area contributed by atoms with Gasteiger partial charge in [-0.2, -0.15) is 0 Å². The lowest BCUT2D eigenvalue weighted by Crippen LogP contribution is -2.45. The summed E-state index contributed by atoms with van der Waals surface area (Å²) >= 11 is 0. The molecule has 4 rings (SSSR count). The summed E-state index contributed by atoms with van der Waals surface area (Å²) in [6.07, 6.45) is 3.56. The monoisotopic (exact) mass is 395 g/mol. The number of carbonyl (C=O) groups is 2. The van der Waals surface area contributed by atoms with Gasteiger partial charge in [-0.25, -0.2) is 4.39 Å². The number of rotatable bonds is 4. The molecule has 0 aliphatic carbocycles. The molecule has 2 aromatic carbocycles. The Labute approximate surface area is 170 Å². The zero-order valence-corrected chi connectivity index (χ0v) is 16.4. The van der Waals surface area contributed by atoms with Crippen LogP contribution >= 0.6 is 0 Å². The maximum atomic E-state index is 13.1. The molecule has 2 aromatic rings. The van der Waals surface area contributed by atoms with E-state index >= 15 is 0 Å². The van der Waals surface area contributed by atoms with E-state index in [9.17, 15) is 14.0 Å². The van der Waals surface area contributed by atoms with Gasteiger partial charge in [0.15, 0.2) is 0 Å². The summed E-state index contributed by atoms with van der Waals surface area (Å²) in [6, 6.07) is 13.9. The van der Waals surface area contributed by atoms with Crippen LogP contribution in [0.15, 0.2) is 48.5 Å². The molecule has 1 N–H and O–H groups in total. The number of halogens is 1. The quantitative estimate of drug-likeness (QED) is 0.863. The van der Waals surface area contributed by atoms with Gasteiger partial charge in [0, 0.05) is 23.8 Å². The van der Waals surface area contributed by atoms with E-state index in [4.69, 9.17) is 0 Å². The van der Waals surface area contributed by atoms with E-state index in [0.29, 0.717) is 5.69 Å². The van der Waals surface area contributed by atoms with Gasteiger partial charge >= 0.3 is 0 Å². The van der Waals surface area contributed by atoms with Crippen LogP contribution in [0.4, 0.5) is 15.8 Å². The molecule has 2 heterocycles. The Hall–Kier alpha value is -2.73. The Bertz CT molecular complexity index is 876. The molecule has 0 radical (unpaired) electrons. The normalized spacial score (nSPS) is 17.6. The standard InChI is InChI=1S/C23H26FN3O2/c24-19-7-9-20(10-8-19)25-22(28)16-26-14-11-18(12-15-26)23(29)27-13-3-5-17-4-1-2-6-21(17)27/h1-2,4,6-10,18H,3,5,11-16H2,(H,25,28). The molecule has 29 heavy (non-hydrogen) atoms. The van der Waals surface area contributed by atoms with Crippen LogP contribution in [-0.2, 0) is 16.0 Å². The molecular formula is C23H26FN3O2. The molecular weight excluding hydrogens is 369 g/mol. The highest BCUT2D eigenvalue weighted by molar-refractivity contribution is 5.96. The second-order valence-corrected chi connectivity index (χ2v) is 7.83. The van der Waals surface area contributed by atoms with Gasteiger partial charge < -0.3 is 10.2 Å². The fraction of sp³-hybridized carbons (Fsp3) is 0.391. The molecule has 2 amide bonds. The van der Waals surface area contributed by atoms with Crippen LogP contribution in [0, 0.1) is 11.7 Å². The highest BCUT2D eigenvalue weighted by atomic mass is 19.1. The van der Waals surface area contributed by atoms with Crippen LogP contribution < -0.4 is 10.2 Å². The summed E-state index contributed by atoms with van der Waals surface area (Å²) in [6.45, 7) is 2.52. The number of carbonyl (C=O) groups excluding carboxylic acids is 2. The zero-order chi connectivity index (χ0) is 20.2. The molecule has 5 nitrogen and oxygen atoms in total. The van der Waals surface area contributed by atoms with E-state index in [-0.39, 0.29) is 30.1 Å². The van der Waals surface area contributed by atoms with Crippen molar-refractivity contribution in [2.24, 2.45) is 5.92 Å². The maximum absolute atomic E-state index is 13.1. The zero-order valence-electron chi connectivity index (χ0n) is 16.4. The number of piperidine rings is 1. The summed E-state index contributed by atoms with van der Waals surface area (Å²) < 4.78 is 13.0. The predicted octanol–water partition coefficient (Wildman–Crippen LogP) is 3.46. The Morgan fingerprint density at radius 3 is 2.48 bits per heavy atom. The summed E-state index contributed by atoms with van der Waals surface area (Å²) in [5.74, 6) is -0.220. The summed E-state index contributed by atoms with van der Waals surface area (Å²) in [5.41, 5.74) is 2.90. The number of fused-ring (bicyclic) bond motifs is 1. The van der Waals surface area contributed by atoms with Crippen LogP contribution in [-0.4, -0.2) is 42.9 Å². The molecule has 0 spiro atoms. The van der Waals surface area contributed by atoms with Crippen LogP contribution in [0.1, 0.15) is 24.8 Å². The van der Waals surface area contributed by atoms with Crippen LogP contribution in [0.2, 0.25) is 0 Å². The number of anilines is 2. The molecule has 1 saturated heterocycles. The molecule has 6 heteroatoms. The van der Waals surface area contributed by atoms with Crippen molar-refractivity contribution in [3.8, 4) is 0 Å². The van der Waals surface area contributed by atoms with Crippen molar-refractivity contribution in [1.29, 1.82) is 0 Å². The van der Waals surface area contributed by atoms with Crippen molar-refractivity contribution in [2.75, 3.05) is 36.4 Å². The van der Waals surface area contributed by atoms with E-state index in [1.165, 1.54) is 17.7 Å². The van der Waals surface area contributed by atoms with Gasteiger partial charge in [-0.3, -0.25) is 14.5 Å². The third-order valence-corrected chi connectivity index (χ3v) is 5.81. The number of aryl methyl sites for hydroxylation is 1. The number of para-hydroxylation sites is 1. The Morgan fingerprint density at radius 1 is 1.00 bits per heavy atom. The third-order valence-electron chi connectivity index (χ3n) is 5.81. The van der Waals surface area contributed by atoms with Crippen LogP contribution in [0.3, 0.4) is 0 Å². The number of likely N-dealkylation sites (tertiary alicyclic amines) is 1. The summed E-state index contributed by atoms with van der Waals surface area (Å²) in [7, 11) is 0. The highest BCUT2D eigenvalue weighted by Gasteiger charge is 2.31. The second kappa shape index (κ2) is 8.74. The van der Waals surface area contributed by atoms with Gasteiger partial charge in [0.25, 0.3) is 0 Å². The van der Waals surface area contributed by atoms with Crippen molar-refractivity contribution in [2.45, 2.75) is 25.7 Å². The van der Waals surface area contributed by atoms with E-state index in [2.05, 4.69) is 16.3 Å². The van der Waals surface area contributed by atoms with Gasteiger partial charge in [-0.15, -0.1) is 0 Å². The topological polar surface area (TPSA) is 52.7 Å². The van der Waals surface area contributed by atoms with Crippen molar-refractivity contribution in [3.05, 3.63) is 59.9 Å². The predicted molar refractivity (Wildman–Crippen MR) is 111 cm³/mol. The van der Waals surface area contributed by atoms with E-state index in [1.54, 1.807) is 12.1 Å². The van der Waals surface area contributed by atoms with Gasteiger partial charge in [-0.05, 0) is 74.7 Å². The molecule has 2 aliphatic heterocycles. The van der Waals surface area contributed by atoms with E-state index in [0.717, 1.165) is 51.0 Å². The van der Waals surface area contributed by atoms with E-state index in [1.807, 2.05) is 23.1 Å². The lowest BCUT2D eigenvalue weighted by molar-refractivity contribution is -0.124. The molecule has 0 bridgehead atoms. The molecule has 0 saturated carbocycles. The third kappa shape index (κ3) is 4.65. The minimum atomic E-state index is -0.328. The van der Waals surface area contributed by atoms with Gasteiger partial charge in [0.1, 0.15) is 5.82 Å². The number of hydrogen-bond donors (Lipinski definition) is 1. The first-order chi connectivity index (χ1) is 14.1. The van der Waals surface area contributed by atoms with Gasteiger partial charge in [-0.1, -0.05) is 18.2 Å². The fourth-order valence-corrected chi connectivity index (χ4v) is 4.26. The number of hydrogen-bond acceptors (Lipinski definition) is 3. The molecule has 152 valence electrons. The first kappa shape index (κ1) is 19.6. The summed E-state index contributed by atoms with van der Waals surface area (Å²) in [4.78, 5) is 29.4. The smallest absolute Gasteiger partial charge is 0.238 e. The second-order valence-electron chi connectivity index (χ2n) is 7.83. The molecule has 1 fully saturated rings. The van der Waals surface area contributed by atoms with Crippen molar-refractivity contribution in [3.63, 3.8) is 0 Å². The maximum Gasteiger partial charge on any atom is 0.238 e. The number of amides is 2. The van der Waals surface area contributed by atoms with E-state index < -0.39 is 0 Å². The molecule has 2 aliphatic rings. The fourth-order valence-electron chi connectivity index (χ4n) is 4.26. The SMILES string of the molecule is O=C(CN1CCC(C(=O)N2CCCc3ccccc32)CC1)Nc1ccc(F)cc1. The largest absolute Gasteiger partial charge is 0.325 e. The minimum Gasteiger partial charge on any atom is -0.325 e. The lowest BCUT2D eigenvalue weighted by Gasteiger charge is -2.36. The average Bonchev–Trinajstić information content (AvgIpc) is 2.75. The lowest BCUT2D eigenvalue weighted by atomic mass is 9.93. The van der Waals surface area contributed by atoms with Crippen LogP contribution in [0.25, 0.3) is 0 Å². The highest BCUT2D eigenvalue weighted by Crippen LogP contribution is 2.30. The van der Waals surface area contributed by atoms with Crippen LogP contribution in [0.5, 0.6) is 0 Å². The first-order valence-corrected chi connectivity index (χ1v) is 10.3. The van der Waals surface area contributed by atoms with Crippen molar-refractivity contribution >= 4 is 23.2 Å². The number of nitrogens with zero attached hydrogens (tertiary/aromatic N) is 2. The molecule has 0 unspecified atom stereocenters. The summed E-state index contributed by atoms with van der Waals surface area (Å²) in [5, 5.41) is 2.79. The molecule has 0 atom stereocenters. The minimum absolute atomic E-state index is 0.0116. The van der Waals surface area contributed by atoms with Crippen molar-refractivity contribution in [1.82, 2.24) is 4.90 Å². The number of nitrogens with one attached hydrogen (secondary N) is 1. The van der Waals surface area contributed by atoms with Gasteiger partial charge in [0.2, 0.25) is 11.8 Å². The number of benzene rings is 2. The van der Waals surface area contributed by atoms with Crippen molar-refractivity contribution < 1.29 is 14.0 Å². The Balaban J connectivity index is 1.29. The Morgan fingerprint density at radius 2 is 1.72 bits per heavy atom. The first-order valence-electron chi connectivity index (χ1n) is 10.3. The average molecular weight is 395 g/mol. The van der Waals surface area contributed by atoms with Gasteiger partial charge in [0.05, 0.1) is 6.54 Å².